The Morgan fingerprint density at radius 1 is 0.923 bits per heavy atom. The van der Waals surface area contributed by atoms with Crippen LogP contribution in [0.25, 0.3) is 5.57 Å². The molecule has 1 aromatic carbocycles. The molecule has 0 N–H and O–H groups in total. The van der Waals surface area contributed by atoms with E-state index in [4.69, 9.17) is 9.31 Å². The van der Waals surface area contributed by atoms with Crippen LogP contribution in [-0.2, 0) is 14.1 Å². The summed E-state index contributed by atoms with van der Waals surface area (Å²) < 4.78 is 12.8. The number of fused-ring (bicyclic) bond motifs is 5. The van der Waals surface area contributed by atoms with Crippen LogP contribution in [-0.4, -0.2) is 24.1 Å². The second-order valence-corrected chi connectivity index (χ2v) is 9.15. The molecule has 2 fully saturated rings. The number of hydrogen-bond donors (Lipinski definition) is 0. The van der Waals surface area contributed by atoms with E-state index in [1.54, 1.807) is 0 Å². The zero-order valence-corrected chi connectivity index (χ0v) is 15.9. The van der Waals surface area contributed by atoms with Gasteiger partial charge in [0.1, 0.15) is 0 Å². The molecule has 0 aromatic heterocycles. The number of rotatable bonds is 2. The largest absolute Gasteiger partial charge is 0.491 e. The summed E-state index contributed by atoms with van der Waals surface area (Å²) >= 11 is 0. The summed E-state index contributed by atoms with van der Waals surface area (Å²) in [6, 6.07) is 10.1. The molecule has 0 amide bonds. The predicted molar refractivity (Wildman–Crippen MR) is 102 cm³/mol. The number of allylic oxidation sites excluding steroid dienone is 4. The Balaban J connectivity index is 1.66. The minimum atomic E-state index is -0.443. The Morgan fingerprint density at radius 3 is 2.12 bits per heavy atom. The van der Waals surface area contributed by atoms with Crippen LogP contribution in [0.3, 0.4) is 0 Å². The van der Waals surface area contributed by atoms with Gasteiger partial charge in [-0.15, -0.1) is 0 Å². The van der Waals surface area contributed by atoms with Gasteiger partial charge in [0.25, 0.3) is 0 Å². The summed E-state index contributed by atoms with van der Waals surface area (Å²) in [6.45, 7) is 8.30. The van der Waals surface area contributed by atoms with Crippen molar-refractivity contribution in [3.63, 3.8) is 0 Å². The van der Waals surface area contributed by atoms with Crippen molar-refractivity contribution >= 4 is 18.5 Å². The summed E-state index contributed by atoms with van der Waals surface area (Å²) in [5.74, 6) is 1.37. The zero-order valence-electron chi connectivity index (χ0n) is 15.9. The van der Waals surface area contributed by atoms with Crippen molar-refractivity contribution in [2.75, 3.05) is 0 Å². The molecular formula is C22H25BO3. The van der Waals surface area contributed by atoms with Crippen molar-refractivity contribution in [1.82, 2.24) is 0 Å². The molecule has 3 aliphatic carbocycles. The molecule has 1 heterocycles. The van der Waals surface area contributed by atoms with E-state index in [9.17, 15) is 4.79 Å². The third-order valence-electron chi connectivity index (χ3n) is 7.23. The van der Waals surface area contributed by atoms with E-state index in [0.29, 0.717) is 11.8 Å². The van der Waals surface area contributed by atoms with Gasteiger partial charge in [-0.3, -0.25) is 4.79 Å². The first-order valence-corrected chi connectivity index (χ1v) is 9.68. The molecule has 1 saturated heterocycles. The Bertz CT molecular complexity index is 820. The zero-order chi connectivity index (χ0) is 18.3. The lowest BCUT2D eigenvalue weighted by molar-refractivity contribution is -0.117. The molecule has 5 rings (SSSR count). The normalized spacial score (nSPS) is 36.3. The van der Waals surface area contributed by atoms with E-state index in [1.807, 2.05) is 30.3 Å². The number of carbonyl (C=O) groups excluding carboxylic acids is 1. The highest BCUT2D eigenvalue weighted by Crippen LogP contribution is 2.59. The third-order valence-corrected chi connectivity index (χ3v) is 7.23. The molecule has 0 radical (unpaired) electrons. The minimum Gasteiger partial charge on any atom is -0.400 e. The summed E-state index contributed by atoms with van der Waals surface area (Å²) in [4.78, 5) is 13.5. The lowest BCUT2D eigenvalue weighted by Crippen LogP contribution is -2.41. The maximum atomic E-state index is 13.5. The van der Waals surface area contributed by atoms with Crippen LogP contribution in [0, 0.1) is 23.7 Å². The van der Waals surface area contributed by atoms with Crippen LogP contribution >= 0.6 is 0 Å². The van der Waals surface area contributed by atoms with Gasteiger partial charge in [0, 0.05) is 11.5 Å². The molecule has 4 aliphatic rings. The van der Waals surface area contributed by atoms with E-state index in [1.165, 1.54) is 0 Å². The molecule has 4 atom stereocenters. The van der Waals surface area contributed by atoms with E-state index < -0.39 is 18.3 Å². The third kappa shape index (κ3) is 2.06. The van der Waals surface area contributed by atoms with Gasteiger partial charge in [-0.1, -0.05) is 42.5 Å². The maximum absolute atomic E-state index is 13.5. The minimum absolute atomic E-state index is 0.0641. The number of benzene rings is 1. The highest BCUT2D eigenvalue weighted by molar-refractivity contribution is 6.59. The number of carbonyl (C=O) groups is 1. The topological polar surface area (TPSA) is 35.5 Å². The Kier molecular flexibility index (Phi) is 3.31. The van der Waals surface area contributed by atoms with Crippen molar-refractivity contribution in [2.45, 2.75) is 45.3 Å². The first-order valence-electron chi connectivity index (χ1n) is 9.68. The van der Waals surface area contributed by atoms with E-state index in [-0.39, 0.29) is 17.6 Å². The molecule has 1 saturated carbocycles. The highest BCUT2D eigenvalue weighted by atomic mass is 16.7. The summed E-state index contributed by atoms with van der Waals surface area (Å²) in [6.07, 6.45) is 5.64. The Hall–Kier alpha value is -1.65. The van der Waals surface area contributed by atoms with E-state index in [0.717, 1.165) is 23.0 Å². The fourth-order valence-electron chi connectivity index (χ4n) is 5.24. The van der Waals surface area contributed by atoms with Gasteiger partial charge in [-0.25, -0.2) is 0 Å². The summed E-state index contributed by atoms with van der Waals surface area (Å²) in [5.41, 5.74) is 2.12. The van der Waals surface area contributed by atoms with E-state index >= 15 is 0 Å². The molecule has 0 unspecified atom stereocenters. The second-order valence-electron chi connectivity index (χ2n) is 9.15. The smallest absolute Gasteiger partial charge is 0.400 e. The van der Waals surface area contributed by atoms with E-state index in [2.05, 4.69) is 39.8 Å². The monoisotopic (exact) mass is 348 g/mol. The molecule has 4 heteroatoms. The fraction of sp³-hybridized carbons (Fsp3) is 0.500. The first-order chi connectivity index (χ1) is 12.3. The molecular weight excluding hydrogens is 323 g/mol. The van der Waals surface area contributed by atoms with Crippen LogP contribution in [0.15, 0.2) is 48.0 Å². The van der Waals surface area contributed by atoms with Gasteiger partial charge >= 0.3 is 7.12 Å². The maximum Gasteiger partial charge on any atom is 0.491 e. The Labute approximate surface area is 155 Å². The van der Waals surface area contributed by atoms with Crippen LogP contribution in [0.4, 0.5) is 0 Å². The Morgan fingerprint density at radius 2 is 1.50 bits per heavy atom. The lowest BCUT2D eigenvalue weighted by Gasteiger charge is -2.32. The first kappa shape index (κ1) is 16.5. The van der Waals surface area contributed by atoms with Gasteiger partial charge in [-0.05, 0) is 62.9 Å². The van der Waals surface area contributed by atoms with Crippen LogP contribution in [0.2, 0.25) is 0 Å². The molecule has 3 nitrogen and oxygen atoms in total. The van der Waals surface area contributed by atoms with Gasteiger partial charge in [-0.2, -0.15) is 0 Å². The number of hydrogen-bond acceptors (Lipinski definition) is 3. The second kappa shape index (κ2) is 5.20. The highest BCUT2D eigenvalue weighted by Gasteiger charge is 2.62. The predicted octanol–water partition coefficient (Wildman–Crippen LogP) is 4.09. The van der Waals surface area contributed by atoms with Crippen molar-refractivity contribution in [3.05, 3.63) is 53.5 Å². The molecule has 1 aromatic rings. The van der Waals surface area contributed by atoms with Crippen LogP contribution in [0.1, 0.15) is 39.7 Å². The van der Waals surface area contributed by atoms with Crippen LogP contribution in [0.5, 0.6) is 0 Å². The van der Waals surface area contributed by atoms with Gasteiger partial charge in [0.2, 0.25) is 0 Å². The SMILES string of the molecule is CC1(C)OB(C2=C(c3ccccc3)C(=O)[C@H]3[C@@H]2[C@@H]2C=C[C@H]3C2)OC1(C)C. The standard InChI is InChI=1S/C22H25BO3/c1-21(2)22(3,4)26-23(25-21)19-16-14-10-11-15(12-14)17(16)20(24)18(19)13-8-6-5-7-9-13/h5-11,14-17H,12H2,1-4H3/t14-,15+,16+,17-/m1/s1. The van der Waals surface area contributed by atoms with Crippen LogP contribution < -0.4 is 0 Å². The van der Waals surface area contributed by atoms with Gasteiger partial charge in [0.15, 0.2) is 5.78 Å². The number of Topliss-reactive ketones (excluding diaryl/α,β-unsaturated/α-hetero) is 1. The molecule has 26 heavy (non-hydrogen) atoms. The van der Waals surface area contributed by atoms with Crippen molar-refractivity contribution in [1.29, 1.82) is 0 Å². The fourth-order valence-corrected chi connectivity index (χ4v) is 5.24. The van der Waals surface area contributed by atoms with Crippen molar-refractivity contribution in [2.24, 2.45) is 23.7 Å². The van der Waals surface area contributed by atoms with Gasteiger partial charge in [0.05, 0.1) is 11.2 Å². The average Bonchev–Trinajstić information content (AvgIpc) is 3.30. The number of ketones is 1. The molecule has 0 spiro atoms. The molecule has 1 aliphatic heterocycles. The summed E-state index contributed by atoms with van der Waals surface area (Å²) in [5, 5.41) is 0. The lowest BCUT2D eigenvalue weighted by atomic mass is 9.66. The molecule has 134 valence electrons. The van der Waals surface area contributed by atoms with Crippen molar-refractivity contribution < 1.29 is 14.1 Å². The van der Waals surface area contributed by atoms with Crippen molar-refractivity contribution in [3.8, 4) is 0 Å². The van der Waals surface area contributed by atoms with Gasteiger partial charge < -0.3 is 9.31 Å². The average molecular weight is 348 g/mol. The summed E-state index contributed by atoms with van der Waals surface area (Å²) in [7, 11) is -0.443. The quantitative estimate of drug-likeness (QED) is 0.596. The molecule has 2 bridgehead atoms.